The third-order valence-electron chi connectivity index (χ3n) is 3.45. The Morgan fingerprint density at radius 3 is 2.75 bits per heavy atom. The molecular weight excluding hydrogens is 250 g/mol. The van der Waals surface area contributed by atoms with Crippen LogP contribution in [0.2, 0.25) is 0 Å². The highest BCUT2D eigenvalue weighted by atomic mass is 16.3. The molecule has 0 aliphatic rings. The van der Waals surface area contributed by atoms with Gasteiger partial charge in [0.05, 0.1) is 6.20 Å². The fourth-order valence-electron chi connectivity index (χ4n) is 2.51. The molecule has 0 saturated heterocycles. The summed E-state index contributed by atoms with van der Waals surface area (Å²) in [6.45, 7) is 0. The molecule has 4 aromatic rings. The van der Waals surface area contributed by atoms with Gasteiger partial charge in [0.1, 0.15) is 5.69 Å². The maximum atomic E-state index is 10.4. The van der Waals surface area contributed by atoms with Crippen LogP contribution in [0.15, 0.2) is 61.1 Å². The fourth-order valence-corrected chi connectivity index (χ4v) is 2.51. The molecule has 4 rings (SSSR count). The fraction of sp³-hybridized carbons (Fsp3) is 0. The lowest BCUT2D eigenvalue weighted by Gasteiger charge is -2.04. The minimum absolute atomic E-state index is 0.138. The van der Waals surface area contributed by atoms with Crippen molar-refractivity contribution in [2.75, 3.05) is 0 Å². The van der Waals surface area contributed by atoms with Gasteiger partial charge < -0.3 is 5.11 Å². The topological polar surface area (TPSA) is 50.4 Å². The predicted octanol–water partition coefficient (Wildman–Crippen LogP) is 3.26. The summed E-state index contributed by atoms with van der Waals surface area (Å²) in [7, 11) is 0. The van der Waals surface area contributed by atoms with Crippen LogP contribution in [0.1, 0.15) is 0 Å². The zero-order valence-corrected chi connectivity index (χ0v) is 10.6. The Bertz CT molecular complexity index is 922. The lowest BCUT2D eigenvalue weighted by Crippen LogP contribution is -1.83. The van der Waals surface area contributed by atoms with E-state index < -0.39 is 0 Å². The average molecular weight is 261 g/mol. The Morgan fingerprint density at radius 2 is 1.85 bits per heavy atom. The Balaban J connectivity index is 2.09. The van der Waals surface area contributed by atoms with Crippen molar-refractivity contribution in [3.05, 3.63) is 61.1 Å². The first-order chi connectivity index (χ1) is 9.84. The van der Waals surface area contributed by atoms with E-state index in [4.69, 9.17) is 0 Å². The molecule has 2 aromatic heterocycles. The second-order valence-corrected chi connectivity index (χ2v) is 4.62. The van der Waals surface area contributed by atoms with Crippen LogP contribution < -0.4 is 0 Å². The van der Waals surface area contributed by atoms with Crippen LogP contribution in [0.25, 0.3) is 27.7 Å². The molecule has 1 N–H and O–H groups in total. The van der Waals surface area contributed by atoms with Crippen LogP contribution >= 0.6 is 0 Å². The second kappa shape index (κ2) is 4.06. The number of hydrogen-bond acceptors (Lipinski definition) is 3. The summed E-state index contributed by atoms with van der Waals surface area (Å²) < 4.78 is 1.63. The van der Waals surface area contributed by atoms with E-state index in [1.165, 1.54) is 0 Å². The molecule has 0 aliphatic carbocycles. The molecule has 2 heterocycles. The first-order valence-electron chi connectivity index (χ1n) is 6.34. The van der Waals surface area contributed by atoms with Crippen molar-refractivity contribution in [2.24, 2.45) is 0 Å². The van der Waals surface area contributed by atoms with Gasteiger partial charge in [-0.25, -0.2) is 4.98 Å². The number of hydrogen-bond donors (Lipinski definition) is 1. The van der Waals surface area contributed by atoms with Crippen molar-refractivity contribution in [3.8, 4) is 17.1 Å². The van der Waals surface area contributed by atoms with Crippen molar-refractivity contribution < 1.29 is 5.11 Å². The number of nitrogens with zero attached hydrogens (tertiary/aromatic N) is 3. The molecule has 20 heavy (non-hydrogen) atoms. The molecule has 0 spiro atoms. The minimum Gasteiger partial charge on any atom is -0.493 e. The lowest BCUT2D eigenvalue weighted by molar-refractivity contribution is 0.450. The van der Waals surface area contributed by atoms with Gasteiger partial charge >= 0.3 is 0 Å². The quantitative estimate of drug-likeness (QED) is 0.572. The van der Waals surface area contributed by atoms with E-state index in [1.807, 2.05) is 42.5 Å². The molecule has 96 valence electrons. The third kappa shape index (κ3) is 1.48. The summed E-state index contributed by atoms with van der Waals surface area (Å²) in [6, 6.07) is 14.1. The summed E-state index contributed by atoms with van der Waals surface area (Å²) in [5.74, 6) is 0.138. The van der Waals surface area contributed by atoms with E-state index in [9.17, 15) is 5.11 Å². The smallest absolute Gasteiger partial charge is 0.224 e. The monoisotopic (exact) mass is 261 g/mol. The zero-order valence-electron chi connectivity index (χ0n) is 10.6. The molecule has 0 bridgehead atoms. The largest absolute Gasteiger partial charge is 0.493 e. The summed E-state index contributed by atoms with van der Waals surface area (Å²) in [4.78, 5) is 8.51. The maximum absolute atomic E-state index is 10.4. The number of imidazole rings is 1. The maximum Gasteiger partial charge on any atom is 0.224 e. The van der Waals surface area contributed by atoms with Crippen molar-refractivity contribution in [1.29, 1.82) is 0 Å². The first kappa shape index (κ1) is 11.0. The molecule has 0 unspecified atom stereocenters. The average Bonchev–Trinajstić information content (AvgIpc) is 2.84. The van der Waals surface area contributed by atoms with Crippen molar-refractivity contribution >= 4 is 16.4 Å². The van der Waals surface area contributed by atoms with Crippen molar-refractivity contribution in [3.63, 3.8) is 0 Å². The lowest BCUT2D eigenvalue weighted by atomic mass is 10.0. The van der Waals surface area contributed by atoms with E-state index in [0.717, 1.165) is 16.3 Å². The summed E-state index contributed by atoms with van der Waals surface area (Å²) in [5.41, 5.74) is 2.13. The number of aromatic hydroxyl groups is 1. The molecule has 2 aromatic carbocycles. The SMILES string of the molecule is Oc1c(-c2cccc3ccccc23)nc2cnccn12. The molecule has 0 radical (unpaired) electrons. The van der Waals surface area contributed by atoms with Gasteiger partial charge in [-0.2, -0.15) is 0 Å². The van der Waals surface area contributed by atoms with Crippen molar-refractivity contribution in [2.45, 2.75) is 0 Å². The highest BCUT2D eigenvalue weighted by Crippen LogP contribution is 2.34. The standard InChI is InChI=1S/C16H11N3O/c20-16-15(18-14-10-17-8-9-19(14)16)13-7-3-5-11-4-1-2-6-12(11)13/h1-10,20H. The second-order valence-electron chi connectivity index (χ2n) is 4.62. The van der Waals surface area contributed by atoms with Gasteiger partial charge in [-0.1, -0.05) is 42.5 Å². The predicted molar refractivity (Wildman–Crippen MR) is 77.6 cm³/mol. The molecule has 0 fully saturated rings. The van der Waals surface area contributed by atoms with Crippen LogP contribution in [-0.2, 0) is 0 Å². The number of rotatable bonds is 1. The Labute approximate surface area is 115 Å². The molecule has 0 aliphatic heterocycles. The Hall–Kier alpha value is -2.88. The number of benzene rings is 2. The van der Waals surface area contributed by atoms with Gasteiger partial charge in [0.15, 0.2) is 5.65 Å². The van der Waals surface area contributed by atoms with Crippen LogP contribution in [0, 0.1) is 0 Å². The van der Waals surface area contributed by atoms with E-state index in [0.29, 0.717) is 11.3 Å². The Morgan fingerprint density at radius 1 is 1.00 bits per heavy atom. The van der Waals surface area contributed by atoms with Crippen LogP contribution in [-0.4, -0.2) is 19.5 Å². The van der Waals surface area contributed by atoms with Crippen LogP contribution in [0.4, 0.5) is 0 Å². The normalized spacial score (nSPS) is 11.2. The van der Waals surface area contributed by atoms with Crippen LogP contribution in [0.5, 0.6) is 5.88 Å². The van der Waals surface area contributed by atoms with E-state index in [-0.39, 0.29) is 5.88 Å². The van der Waals surface area contributed by atoms with Gasteiger partial charge in [-0.05, 0) is 10.8 Å². The molecule has 4 nitrogen and oxygen atoms in total. The highest BCUT2D eigenvalue weighted by Gasteiger charge is 2.14. The van der Waals surface area contributed by atoms with Gasteiger partial charge in [0, 0.05) is 18.0 Å². The molecular formula is C16H11N3O. The van der Waals surface area contributed by atoms with Gasteiger partial charge in [-0.3, -0.25) is 9.38 Å². The first-order valence-corrected chi connectivity index (χ1v) is 6.34. The van der Waals surface area contributed by atoms with Crippen molar-refractivity contribution in [1.82, 2.24) is 14.4 Å². The molecule has 0 saturated carbocycles. The van der Waals surface area contributed by atoms with Gasteiger partial charge in [0.25, 0.3) is 0 Å². The minimum atomic E-state index is 0.138. The summed E-state index contributed by atoms with van der Waals surface area (Å²) >= 11 is 0. The summed E-state index contributed by atoms with van der Waals surface area (Å²) in [5, 5.41) is 12.6. The van der Waals surface area contributed by atoms with Crippen LogP contribution in [0.3, 0.4) is 0 Å². The van der Waals surface area contributed by atoms with Gasteiger partial charge in [0.2, 0.25) is 5.88 Å². The highest BCUT2D eigenvalue weighted by molar-refractivity contribution is 5.97. The van der Waals surface area contributed by atoms with E-state index >= 15 is 0 Å². The zero-order chi connectivity index (χ0) is 13.5. The molecule has 0 amide bonds. The molecule has 4 heteroatoms. The van der Waals surface area contributed by atoms with E-state index in [1.54, 1.807) is 23.0 Å². The molecule has 0 atom stereocenters. The van der Waals surface area contributed by atoms with E-state index in [2.05, 4.69) is 9.97 Å². The summed E-state index contributed by atoms with van der Waals surface area (Å²) in [6.07, 6.45) is 4.96. The Kier molecular flexibility index (Phi) is 2.23. The van der Waals surface area contributed by atoms with Gasteiger partial charge in [-0.15, -0.1) is 0 Å². The number of aromatic nitrogens is 3. The number of fused-ring (bicyclic) bond motifs is 2. The third-order valence-corrected chi connectivity index (χ3v) is 3.45.